The van der Waals surface area contributed by atoms with Crippen molar-refractivity contribution in [1.82, 2.24) is 4.57 Å². The summed E-state index contributed by atoms with van der Waals surface area (Å²) in [6.07, 6.45) is 0. The Kier molecular flexibility index (Phi) is 5.12. The summed E-state index contributed by atoms with van der Waals surface area (Å²) in [5.41, 5.74) is 0.0907. The van der Waals surface area contributed by atoms with Gasteiger partial charge in [-0.05, 0) is 36.4 Å². The average Bonchev–Trinajstić information content (AvgIpc) is 2.93. The van der Waals surface area contributed by atoms with Crippen molar-refractivity contribution in [3.8, 4) is 0 Å². The number of aromatic nitrogens is 1. The molecule has 0 aliphatic heterocycles. The van der Waals surface area contributed by atoms with E-state index in [0.717, 1.165) is 11.3 Å². The van der Waals surface area contributed by atoms with Crippen LogP contribution in [0.4, 0.5) is 4.39 Å². The summed E-state index contributed by atoms with van der Waals surface area (Å²) in [5.74, 6) is -1.24. The summed E-state index contributed by atoms with van der Waals surface area (Å²) in [5, 5.41) is 0.383. The van der Waals surface area contributed by atoms with Crippen LogP contribution in [0.15, 0.2) is 51.8 Å². The molecule has 0 aliphatic carbocycles. The number of fused-ring (bicyclic) bond motifs is 1. The van der Waals surface area contributed by atoms with Crippen LogP contribution in [0.25, 0.3) is 10.2 Å². The van der Waals surface area contributed by atoms with E-state index in [-0.39, 0.29) is 21.8 Å². The number of sulfonamides is 1. The lowest BCUT2D eigenvalue weighted by Gasteiger charge is -2.04. The molecule has 2 aromatic carbocycles. The highest BCUT2D eigenvalue weighted by Gasteiger charge is 2.18. The first-order valence-electron chi connectivity index (χ1n) is 7.23. The third-order valence-corrected chi connectivity index (χ3v) is 6.17. The van der Waals surface area contributed by atoms with Crippen LogP contribution in [0.1, 0.15) is 0 Å². The highest BCUT2D eigenvalue weighted by molar-refractivity contribution is 7.90. The average molecular weight is 415 g/mol. The quantitative estimate of drug-likeness (QED) is 0.615. The number of benzene rings is 2. The Bertz CT molecular complexity index is 1150. The van der Waals surface area contributed by atoms with Crippen LogP contribution in [0.3, 0.4) is 0 Å². The first-order valence-corrected chi connectivity index (χ1v) is 9.86. The number of nitrogens with zero attached hydrogens (tertiary/aromatic N) is 2. The van der Waals surface area contributed by atoms with Crippen LogP contribution in [-0.2, 0) is 26.1 Å². The summed E-state index contributed by atoms with van der Waals surface area (Å²) >= 11 is 6.73. The Hall–Kier alpha value is -2.23. The molecule has 6 nitrogen and oxygen atoms in total. The molecular weight excluding hydrogens is 403 g/mol. The maximum absolute atomic E-state index is 14.2. The van der Waals surface area contributed by atoms with Crippen molar-refractivity contribution in [2.45, 2.75) is 11.4 Å². The first kappa shape index (κ1) is 18.6. The number of thiazole rings is 1. The topological polar surface area (TPSA) is 77.7 Å². The van der Waals surface area contributed by atoms with Gasteiger partial charge in [-0.1, -0.05) is 29.0 Å². The highest BCUT2D eigenvalue weighted by atomic mass is 35.5. The second-order valence-corrected chi connectivity index (χ2v) is 8.20. The van der Waals surface area contributed by atoms with Crippen LogP contribution < -0.4 is 4.80 Å². The van der Waals surface area contributed by atoms with Crippen LogP contribution in [0, 0.1) is 5.82 Å². The standard InChI is InChI=1S/C16H12ClFN2O4S2/c1-24-14(21)9-20-15-12(18)3-2-4-13(15)25-16(20)19-26(22,23)11-7-5-10(17)6-8-11/h2-8H,9H2,1H3/b19-16-. The number of para-hydroxylation sites is 1. The minimum absolute atomic E-state index is 0.0366. The van der Waals surface area contributed by atoms with Crippen molar-refractivity contribution in [2.24, 2.45) is 4.40 Å². The monoisotopic (exact) mass is 414 g/mol. The molecule has 0 unspecified atom stereocenters. The van der Waals surface area contributed by atoms with Crippen molar-refractivity contribution >= 4 is 49.1 Å². The van der Waals surface area contributed by atoms with E-state index in [0.29, 0.717) is 9.72 Å². The maximum atomic E-state index is 14.2. The molecule has 0 saturated carbocycles. The molecule has 0 spiro atoms. The second kappa shape index (κ2) is 7.18. The van der Waals surface area contributed by atoms with E-state index in [9.17, 15) is 17.6 Å². The molecule has 0 radical (unpaired) electrons. The molecule has 10 heteroatoms. The van der Waals surface area contributed by atoms with Gasteiger partial charge in [0.2, 0.25) is 4.80 Å². The Morgan fingerprint density at radius 3 is 2.62 bits per heavy atom. The zero-order valence-electron chi connectivity index (χ0n) is 13.3. The normalized spacial score (nSPS) is 12.5. The molecule has 0 atom stereocenters. The van der Waals surface area contributed by atoms with Gasteiger partial charge in [-0.2, -0.15) is 8.42 Å². The van der Waals surface area contributed by atoms with Crippen molar-refractivity contribution in [3.05, 3.63) is 58.1 Å². The Balaban J connectivity index is 2.24. The molecule has 26 heavy (non-hydrogen) atoms. The Labute approximate surface area is 157 Å². The van der Waals surface area contributed by atoms with E-state index in [1.54, 1.807) is 6.07 Å². The van der Waals surface area contributed by atoms with Gasteiger partial charge in [-0.25, -0.2) is 4.39 Å². The smallest absolute Gasteiger partial charge is 0.325 e. The maximum Gasteiger partial charge on any atom is 0.325 e. The number of esters is 1. The summed E-state index contributed by atoms with van der Waals surface area (Å²) in [6.45, 7) is -0.369. The fourth-order valence-electron chi connectivity index (χ4n) is 2.26. The lowest BCUT2D eigenvalue weighted by Crippen LogP contribution is -2.23. The number of rotatable bonds is 4. The van der Waals surface area contributed by atoms with E-state index in [1.807, 2.05) is 0 Å². The molecule has 1 aromatic heterocycles. The van der Waals surface area contributed by atoms with E-state index in [4.69, 9.17) is 11.6 Å². The van der Waals surface area contributed by atoms with Gasteiger partial charge in [0, 0.05) is 5.02 Å². The number of hydrogen-bond donors (Lipinski definition) is 0. The van der Waals surface area contributed by atoms with E-state index >= 15 is 0 Å². The fraction of sp³-hybridized carbons (Fsp3) is 0.125. The van der Waals surface area contributed by atoms with Crippen molar-refractivity contribution in [3.63, 3.8) is 0 Å². The minimum Gasteiger partial charge on any atom is -0.468 e. The molecule has 1 heterocycles. The van der Waals surface area contributed by atoms with Crippen LogP contribution in [0.5, 0.6) is 0 Å². The zero-order chi connectivity index (χ0) is 18.9. The number of ether oxygens (including phenoxy) is 1. The number of methoxy groups -OCH3 is 1. The predicted molar refractivity (Wildman–Crippen MR) is 96.0 cm³/mol. The van der Waals surface area contributed by atoms with Gasteiger partial charge in [-0.3, -0.25) is 4.79 Å². The molecule has 0 saturated heterocycles. The van der Waals surface area contributed by atoms with Gasteiger partial charge < -0.3 is 9.30 Å². The predicted octanol–water partition coefficient (Wildman–Crippen LogP) is 2.96. The molecule has 0 N–H and O–H groups in total. The molecule has 0 aliphatic rings. The number of halogens is 2. The Morgan fingerprint density at radius 2 is 1.96 bits per heavy atom. The van der Waals surface area contributed by atoms with E-state index in [2.05, 4.69) is 9.13 Å². The van der Waals surface area contributed by atoms with Gasteiger partial charge in [0.25, 0.3) is 10.0 Å². The largest absolute Gasteiger partial charge is 0.468 e. The Morgan fingerprint density at radius 1 is 1.27 bits per heavy atom. The fourth-order valence-corrected chi connectivity index (χ4v) is 4.63. The number of carbonyl (C=O) groups excluding carboxylic acids is 1. The van der Waals surface area contributed by atoms with Gasteiger partial charge >= 0.3 is 5.97 Å². The van der Waals surface area contributed by atoms with Crippen molar-refractivity contribution in [1.29, 1.82) is 0 Å². The van der Waals surface area contributed by atoms with Crippen LogP contribution in [0.2, 0.25) is 5.02 Å². The summed E-state index contributed by atoms with van der Waals surface area (Å²) in [4.78, 5) is 11.6. The molecule has 0 amide bonds. The lowest BCUT2D eigenvalue weighted by molar-refractivity contribution is -0.141. The van der Waals surface area contributed by atoms with Gasteiger partial charge in [0.15, 0.2) is 0 Å². The molecule has 3 aromatic rings. The number of hydrogen-bond acceptors (Lipinski definition) is 5. The van der Waals surface area contributed by atoms with Crippen molar-refractivity contribution < 1.29 is 22.3 Å². The van der Waals surface area contributed by atoms with Gasteiger partial charge in [0.05, 0.1) is 22.2 Å². The van der Waals surface area contributed by atoms with Gasteiger partial charge in [0.1, 0.15) is 12.4 Å². The molecule has 3 rings (SSSR count). The first-order chi connectivity index (χ1) is 12.3. The zero-order valence-corrected chi connectivity index (χ0v) is 15.7. The van der Waals surface area contributed by atoms with Crippen LogP contribution >= 0.6 is 22.9 Å². The molecule has 0 fully saturated rings. The second-order valence-electron chi connectivity index (χ2n) is 5.15. The summed E-state index contributed by atoms with van der Waals surface area (Å²) in [6, 6.07) is 9.83. The number of carbonyl (C=O) groups is 1. The minimum atomic E-state index is -4.07. The van der Waals surface area contributed by atoms with E-state index < -0.39 is 21.8 Å². The molecule has 0 bridgehead atoms. The molecular formula is C16H12ClFN2O4S2. The van der Waals surface area contributed by atoms with E-state index in [1.165, 1.54) is 48.1 Å². The SMILES string of the molecule is COC(=O)Cn1/c(=N/S(=O)(=O)c2ccc(Cl)cc2)sc2cccc(F)c21. The summed E-state index contributed by atoms with van der Waals surface area (Å²) in [7, 11) is -2.88. The molecule has 136 valence electrons. The van der Waals surface area contributed by atoms with Crippen molar-refractivity contribution in [2.75, 3.05) is 7.11 Å². The van der Waals surface area contributed by atoms with Crippen LogP contribution in [-0.4, -0.2) is 26.1 Å². The lowest BCUT2D eigenvalue weighted by atomic mass is 10.3. The highest BCUT2D eigenvalue weighted by Crippen LogP contribution is 2.22. The summed E-state index contributed by atoms with van der Waals surface area (Å²) < 4.78 is 49.4. The van der Waals surface area contributed by atoms with Gasteiger partial charge in [-0.15, -0.1) is 4.40 Å². The third kappa shape index (κ3) is 3.64. The third-order valence-electron chi connectivity index (χ3n) is 3.48.